The number of benzene rings is 3. The van der Waals surface area contributed by atoms with Crippen LogP contribution in [-0.4, -0.2) is 43.1 Å². The van der Waals surface area contributed by atoms with Crippen LogP contribution in [0.4, 0.5) is 41.6 Å². The molecule has 2 aliphatic rings. The second-order valence-electron chi connectivity index (χ2n) is 10.2. The van der Waals surface area contributed by atoms with Gasteiger partial charge in [-0.2, -0.15) is 0 Å². The molecule has 0 aliphatic carbocycles. The van der Waals surface area contributed by atoms with Crippen LogP contribution in [0, 0.1) is 11.7 Å². The zero-order valence-corrected chi connectivity index (χ0v) is 22.0. The van der Waals surface area contributed by atoms with Crippen molar-refractivity contribution in [3.8, 4) is 0 Å². The molecular formula is C30H30F3N5O2. The van der Waals surface area contributed by atoms with Gasteiger partial charge in [-0.05, 0) is 80.1 Å². The lowest BCUT2D eigenvalue weighted by Crippen LogP contribution is -2.39. The van der Waals surface area contributed by atoms with Gasteiger partial charge in [-0.15, -0.1) is 0 Å². The number of piperidine rings is 1. The third-order valence-electron chi connectivity index (χ3n) is 7.10. The minimum absolute atomic E-state index is 0.109. The Labute approximate surface area is 230 Å². The van der Waals surface area contributed by atoms with Crippen LogP contribution in [0.1, 0.15) is 36.5 Å². The van der Waals surface area contributed by atoms with Crippen molar-refractivity contribution in [2.24, 2.45) is 10.9 Å². The van der Waals surface area contributed by atoms with E-state index < -0.39 is 17.6 Å². The Morgan fingerprint density at radius 1 is 0.900 bits per heavy atom. The van der Waals surface area contributed by atoms with Gasteiger partial charge in [0.2, 0.25) is 5.91 Å². The second kappa shape index (κ2) is 11.4. The molecule has 7 nitrogen and oxygen atoms in total. The summed E-state index contributed by atoms with van der Waals surface area (Å²) in [5.41, 5.74) is 2.92. The molecule has 10 heteroatoms. The maximum absolute atomic E-state index is 14.8. The zero-order valence-electron chi connectivity index (χ0n) is 22.0. The van der Waals surface area contributed by atoms with Crippen molar-refractivity contribution in [1.29, 1.82) is 0 Å². The molecule has 1 saturated heterocycles. The number of aliphatic imine (C=N–C) groups is 1. The Balaban J connectivity index is 1.15. The van der Waals surface area contributed by atoms with Gasteiger partial charge in [0.25, 0.3) is 11.8 Å². The highest BCUT2D eigenvalue weighted by molar-refractivity contribution is 6.04. The number of anilines is 5. The minimum Gasteiger partial charge on any atom is -0.371 e. The molecular weight excluding hydrogens is 519 g/mol. The van der Waals surface area contributed by atoms with E-state index >= 15 is 0 Å². The van der Waals surface area contributed by atoms with Crippen molar-refractivity contribution in [3.05, 3.63) is 78.1 Å². The molecule has 208 valence electrons. The van der Waals surface area contributed by atoms with Crippen molar-refractivity contribution < 1.29 is 22.8 Å². The molecule has 0 radical (unpaired) electrons. The fourth-order valence-corrected chi connectivity index (χ4v) is 4.76. The quantitative estimate of drug-likeness (QED) is 0.315. The van der Waals surface area contributed by atoms with Crippen LogP contribution < -0.4 is 20.9 Å². The third kappa shape index (κ3) is 6.62. The predicted molar refractivity (Wildman–Crippen MR) is 152 cm³/mol. The van der Waals surface area contributed by atoms with Gasteiger partial charge in [-0.1, -0.05) is 0 Å². The first-order valence-electron chi connectivity index (χ1n) is 13.2. The summed E-state index contributed by atoms with van der Waals surface area (Å²) >= 11 is 0. The number of carbonyl (C=O) groups excluding carboxylic acids is 2. The normalized spacial score (nSPS) is 19.8. The molecule has 5 rings (SSSR count). The van der Waals surface area contributed by atoms with Gasteiger partial charge in [0.05, 0.1) is 11.6 Å². The lowest BCUT2D eigenvalue weighted by molar-refractivity contribution is -0.118. The summed E-state index contributed by atoms with van der Waals surface area (Å²) in [6, 6.07) is 18.1. The van der Waals surface area contributed by atoms with Gasteiger partial charge in [0.1, 0.15) is 5.82 Å². The van der Waals surface area contributed by atoms with E-state index in [-0.39, 0.29) is 49.5 Å². The topological polar surface area (TPSA) is 85.8 Å². The maximum atomic E-state index is 14.8. The highest BCUT2D eigenvalue weighted by Gasteiger charge is 2.34. The first-order valence-corrected chi connectivity index (χ1v) is 13.2. The fraction of sp³-hybridized carbons (Fsp3) is 0.300. The summed E-state index contributed by atoms with van der Waals surface area (Å²) in [4.78, 5) is 31.1. The first-order chi connectivity index (χ1) is 19.1. The van der Waals surface area contributed by atoms with Crippen LogP contribution in [0.15, 0.2) is 71.7 Å². The van der Waals surface area contributed by atoms with Crippen LogP contribution in [0.2, 0.25) is 0 Å². The van der Waals surface area contributed by atoms with Crippen molar-refractivity contribution >= 4 is 46.5 Å². The molecule has 40 heavy (non-hydrogen) atoms. The van der Waals surface area contributed by atoms with E-state index in [1.165, 1.54) is 12.1 Å². The number of amides is 2. The van der Waals surface area contributed by atoms with Crippen molar-refractivity contribution in [2.45, 2.75) is 38.2 Å². The summed E-state index contributed by atoms with van der Waals surface area (Å²) in [5, 5.41) is 8.54. The standard InChI is InChI=1S/C30H30F3N5O2/c1-19-16-21(18-34-19)29(40)36-23-6-4-22(5-7-23)35-27-11-8-24(17-26(27)31)37-28(39)20-2-9-25(10-3-20)38-14-12-30(32,33)13-15-38/h2-11,17-19,21,35H,12-16H2,1H3,(H,36,40)(H,37,39). The van der Waals surface area contributed by atoms with Crippen LogP contribution in [0.3, 0.4) is 0 Å². The van der Waals surface area contributed by atoms with Gasteiger partial charge in [-0.25, -0.2) is 13.2 Å². The Kier molecular flexibility index (Phi) is 7.77. The Bertz CT molecular complexity index is 1400. The number of carbonyl (C=O) groups is 2. The molecule has 3 aromatic carbocycles. The summed E-state index contributed by atoms with van der Waals surface area (Å²) in [6.45, 7) is 2.48. The summed E-state index contributed by atoms with van der Waals surface area (Å²) in [6.07, 6.45) is 2.00. The maximum Gasteiger partial charge on any atom is 0.255 e. The van der Waals surface area contributed by atoms with E-state index in [1.807, 2.05) is 11.8 Å². The van der Waals surface area contributed by atoms with Crippen LogP contribution in [0.5, 0.6) is 0 Å². The molecule has 2 heterocycles. The van der Waals surface area contributed by atoms with E-state index in [0.29, 0.717) is 29.0 Å². The van der Waals surface area contributed by atoms with Crippen LogP contribution in [0.25, 0.3) is 0 Å². The highest BCUT2D eigenvalue weighted by Crippen LogP contribution is 2.31. The van der Waals surface area contributed by atoms with E-state index in [0.717, 1.165) is 5.69 Å². The lowest BCUT2D eigenvalue weighted by Gasteiger charge is -2.33. The number of rotatable bonds is 7. The highest BCUT2D eigenvalue weighted by atomic mass is 19.3. The van der Waals surface area contributed by atoms with E-state index in [2.05, 4.69) is 20.9 Å². The van der Waals surface area contributed by atoms with E-state index in [4.69, 9.17) is 0 Å². The van der Waals surface area contributed by atoms with Gasteiger partial charge in [-0.3, -0.25) is 14.6 Å². The van der Waals surface area contributed by atoms with Crippen LogP contribution >= 0.6 is 0 Å². The van der Waals surface area contributed by atoms with Gasteiger partial charge in [0.15, 0.2) is 0 Å². The molecule has 3 aromatic rings. The first kappa shape index (κ1) is 27.2. The van der Waals surface area contributed by atoms with Crippen LogP contribution in [-0.2, 0) is 4.79 Å². The number of hydrogen-bond acceptors (Lipinski definition) is 5. The number of alkyl halides is 2. The number of halogens is 3. The molecule has 2 atom stereocenters. The molecule has 0 spiro atoms. The largest absolute Gasteiger partial charge is 0.371 e. The van der Waals surface area contributed by atoms with E-state index in [9.17, 15) is 22.8 Å². The van der Waals surface area contributed by atoms with Crippen molar-refractivity contribution in [3.63, 3.8) is 0 Å². The molecule has 2 unspecified atom stereocenters. The smallest absolute Gasteiger partial charge is 0.255 e. The molecule has 0 bridgehead atoms. The van der Waals surface area contributed by atoms with Crippen molar-refractivity contribution in [2.75, 3.05) is 33.9 Å². The molecule has 2 aliphatic heterocycles. The molecule has 2 amide bonds. The number of hydrogen-bond donors (Lipinski definition) is 3. The van der Waals surface area contributed by atoms with Crippen molar-refractivity contribution in [1.82, 2.24) is 0 Å². The minimum atomic E-state index is -2.62. The molecule has 1 fully saturated rings. The zero-order chi connectivity index (χ0) is 28.3. The monoisotopic (exact) mass is 549 g/mol. The molecule has 0 saturated carbocycles. The summed E-state index contributed by atoms with van der Waals surface area (Å²) in [7, 11) is 0. The summed E-state index contributed by atoms with van der Waals surface area (Å²) in [5.74, 6) is -3.93. The SMILES string of the molecule is CC1CC(C(=O)Nc2ccc(Nc3ccc(NC(=O)c4ccc(N5CCC(F)(F)CC5)cc4)cc3F)cc2)C=N1. The van der Waals surface area contributed by atoms with E-state index in [1.54, 1.807) is 60.8 Å². The third-order valence-corrected chi connectivity index (χ3v) is 7.10. The summed E-state index contributed by atoms with van der Waals surface area (Å²) < 4.78 is 41.6. The predicted octanol–water partition coefficient (Wildman–Crippen LogP) is 6.47. The molecule has 3 N–H and O–H groups in total. The lowest BCUT2D eigenvalue weighted by atomic mass is 10.1. The second-order valence-corrected chi connectivity index (χ2v) is 10.2. The Morgan fingerprint density at radius 2 is 1.55 bits per heavy atom. The van der Waals surface area contributed by atoms with Gasteiger partial charge in [0, 0.05) is 66.5 Å². The average Bonchev–Trinajstić information content (AvgIpc) is 3.38. The Morgan fingerprint density at radius 3 is 2.17 bits per heavy atom. The molecule has 0 aromatic heterocycles. The number of nitrogens with one attached hydrogen (secondary N) is 3. The fourth-order valence-electron chi connectivity index (χ4n) is 4.76. The number of nitrogens with zero attached hydrogens (tertiary/aromatic N) is 2. The average molecular weight is 550 g/mol. The van der Waals surface area contributed by atoms with Gasteiger partial charge >= 0.3 is 0 Å². The Hall–Kier alpha value is -4.34. The van der Waals surface area contributed by atoms with Gasteiger partial charge < -0.3 is 20.9 Å².